The highest BCUT2D eigenvalue weighted by Gasteiger charge is 2.40. The maximum Gasteiger partial charge on any atom is 0.350 e. The number of aliphatic imine (C=N–C) groups is 2. The molecule has 0 atom stereocenters. The van der Waals surface area contributed by atoms with Gasteiger partial charge in [-0.2, -0.15) is 10.5 Å². The lowest BCUT2D eigenvalue weighted by atomic mass is 9.81. The second kappa shape index (κ2) is 10.8. The molecule has 0 spiro atoms. The molecule has 0 N–H and O–H groups in total. The molecule has 12 heteroatoms. The number of amidine groups is 1. The molecule has 7 rings (SSSR count). The van der Waals surface area contributed by atoms with Crippen LogP contribution in [0.2, 0.25) is 0 Å². The Morgan fingerprint density at radius 1 is 0.674 bits per heavy atom. The van der Waals surface area contributed by atoms with Crippen LogP contribution in [0.25, 0.3) is 45.2 Å². The highest BCUT2D eigenvalue weighted by molar-refractivity contribution is 7.26. The lowest BCUT2D eigenvalue weighted by Gasteiger charge is -2.38. The van der Waals surface area contributed by atoms with E-state index in [0.717, 1.165) is 63.0 Å². The molecular weight excluding hydrogens is 653 g/mol. The van der Waals surface area contributed by atoms with Crippen LogP contribution in [-0.4, -0.2) is 11.5 Å². The topological polar surface area (TPSA) is 119 Å². The van der Waals surface area contributed by atoms with Gasteiger partial charge in [0.1, 0.15) is 45.9 Å². The average Bonchev–Trinajstić information content (AvgIpc) is 3.84. The number of benzene rings is 1. The van der Waals surface area contributed by atoms with Crippen molar-refractivity contribution < 1.29 is 9.47 Å². The molecule has 2 aliphatic heterocycles. The second-order valence-electron chi connectivity index (χ2n) is 11.4. The van der Waals surface area contributed by atoms with Gasteiger partial charge in [-0.25, -0.2) is 10.3 Å². The Balaban J connectivity index is 1.31. The molecule has 2 aliphatic rings. The molecule has 0 bridgehead atoms. The van der Waals surface area contributed by atoms with E-state index in [4.69, 9.17) is 31.8 Å². The van der Waals surface area contributed by atoms with Crippen LogP contribution in [0.15, 0.2) is 58.5 Å². The van der Waals surface area contributed by atoms with Crippen molar-refractivity contribution in [2.24, 2.45) is 9.98 Å². The van der Waals surface area contributed by atoms with E-state index in [0.29, 0.717) is 10.0 Å². The first-order chi connectivity index (χ1) is 22.0. The van der Waals surface area contributed by atoms with E-state index in [-0.39, 0.29) is 11.5 Å². The van der Waals surface area contributed by atoms with Crippen molar-refractivity contribution in [3.05, 3.63) is 71.1 Å². The zero-order valence-electron chi connectivity index (χ0n) is 24.8. The molecule has 0 radical (unpaired) electrons. The predicted octanol–water partition coefficient (Wildman–Crippen LogP) is 10.4. The van der Waals surface area contributed by atoms with E-state index in [2.05, 4.69) is 66.8 Å². The summed E-state index contributed by atoms with van der Waals surface area (Å²) < 4.78 is 13.3. The smallest absolute Gasteiger partial charge is 0.350 e. The zero-order chi connectivity index (χ0) is 32.4. The van der Waals surface area contributed by atoms with E-state index in [9.17, 15) is 0 Å². The van der Waals surface area contributed by atoms with Gasteiger partial charge in [-0.1, -0.05) is 22.9 Å². The van der Waals surface area contributed by atoms with Crippen LogP contribution < -0.4 is 9.47 Å². The summed E-state index contributed by atoms with van der Waals surface area (Å²) in [6, 6.07) is 21.6. The molecule has 222 valence electrons. The normalized spacial score (nSPS) is 14.8. The quantitative estimate of drug-likeness (QED) is 0.107. The first-order valence-corrected chi connectivity index (χ1v) is 17.1. The molecule has 0 fully saturated rings. The molecule has 8 nitrogen and oxygen atoms in total. The number of ether oxygens (including phenoxy) is 2. The minimum absolute atomic E-state index is 0.173. The van der Waals surface area contributed by atoms with Crippen molar-refractivity contribution >= 4 is 66.9 Å². The third-order valence-electron chi connectivity index (χ3n) is 7.60. The molecule has 0 saturated carbocycles. The number of hydrogen-bond donors (Lipinski definition) is 0. The van der Waals surface area contributed by atoms with Gasteiger partial charge in [-0.15, -0.1) is 34.0 Å². The highest BCUT2D eigenvalue weighted by atomic mass is 32.1. The summed E-state index contributed by atoms with van der Waals surface area (Å²) >= 11 is 6.15. The van der Waals surface area contributed by atoms with E-state index < -0.39 is 11.2 Å². The zero-order valence-corrected chi connectivity index (χ0v) is 28.0. The summed E-state index contributed by atoms with van der Waals surface area (Å²) in [7, 11) is 0. The summed E-state index contributed by atoms with van der Waals surface area (Å²) in [5, 5.41) is 28.5. The van der Waals surface area contributed by atoms with E-state index in [1.807, 2.05) is 42.5 Å². The number of fused-ring (bicyclic) bond motifs is 6. The largest absolute Gasteiger partial charge is 0.482 e. The lowest BCUT2D eigenvalue weighted by molar-refractivity contribution is 0.102. The van der Waals surface area contributed by atoms with Crippen LogP contribution in [0.1, 0.15) is 38.8 Å². The monoisotopic (exact) mass is 672 g/mol. The Hall–Kier alpha value is -5.08. The molecule has 46 heavy (non-hydrogen) atoms. The molecule has 0 aliphatic carbocycles. The van der Waals surface area contributed by atoms with Gasteiger partial charge in [-0.3, -0.25) is 0 Å². The summed E-state index contributed by atoms with van der Waals surface area (Å²) in [6.45, 7) is 15.4. The predicted molar refractivity (Wildman–Crippen MR) is 185 cm³/mol. The molecule has 6 heterocycles. The average molecular weight is 673 g/mol. The standard InChI is InChI=1S/C34H20N6O2S4/c1-33(2)20-11-19-21(10-18(20)31-22(41-33)12-26(45-31)24-6-8-29(43-24)39-17(14-35)15-36)34(3,4)42-23-13-27(46-32(19)23)25-7-9-30(44-25)40-28(16-37)38-5/h6-13H,1-4H3. The Labute approximate surface area is 280 Å². The SMILES string of the molecule is [C-]#[N+]C(C#N)=Nc1ccc(-c2cc3c(s2)-c2cc4c(cc2C(C)(C)O3)-c2sc(-c3ccc(N=C(C#N)C#N)s3)cc2OC4(C)C)s1. The molecule has 5 aromatic rings. The third-order valence-corrected chi connectivity index (χ3v) is 12.2. The van der Waals surface area contributed by atoms with Gasteiger partial charge in [0, 0.05) is 53.9 Å². The van der Waals surface area contributed by atoms with Crippen molar-refractivity contribution in [3.8, 4) is 70.1 Å². The van der Waals surface area contributed by atoms with Crippen LogP contribution in [0.4, 0.5) is 10.0 Å². The molecular formula is C34H20N6O2S4. The minimum atomic E-state index is -0.597. The molecule has 0 saturated heterocycles. The van der Waals surface area contributed by atoms with Crippen LogP contribution in [-0.2, 0) is 11.2 Å². The maximum absolute atomic E-state index is 9.10. The fourth-order valence-corrected chi connectivity index (χ4v) is 9.71. The van der Waals surface area contributed by atoms with Gasteiger partial charge in [0.15, 0.2) is 0 Å². The highest BCUT2D eigenvalue weighted by Crippen LogP contribution is 2.58. The minimum Gasteiger partial charge on any atom is -0.482 e. The Bertz CT molecular complexity index is 2140. The van der Waals surface area contributed by atoms with Gasteiger partial charge >= 0.3 is 5.84 Å². The Kier molecular flexibility index (Phi) is 6.94. The van der Waals surface area contributed by atoms with Gasteiger partial charge in [0.2, 0.25) is 10.7 Å². The summed E-state index contributed by atoms with van der Waals surface area (Å²) in [4.78, 5) is 17.6. The van der Waals surface area contributed by atoms with Gasteiger partial charge in [0.25, 0.3) is 0 Å². The summed E-state index contributed by atoms with van der Waals surface area (Å²) in [6.07, 6.45) is 0. The van der Waals surface area contributed by atoms with Crippen molar-refractivity contribution in [2.45, 2.75) is 38.9 Å². The molecule has 0 amide bonds. The van der Waals surface area contributed by atoms with Crippen molar-refractivity contribution in [1.29, 1.82) is 15.8 Å². The summed E-state index contributed by atoms with van der Waals surface area (Å²) in [5.41, 5.74) is 3.03. The lowest BCUT2D eigenvalue weighted by Crippen LogP contribution is -2.32. The van der Waals surface area contributed by atoms with E-state index in [1.54, 1.807) is 22.7 Å². The van der Waals surface area contributed by atoms with Crippen molar-refractivity contribution in [3.63, 3.8) is 0 Å². The van der Waals surface area contributed by atoms with Gasteiger partial charge in [-0.05, 0) is 64.1 Å². The van der Waals surface area contributed by atoms with Crippen LogP contribution in [0.5, 0.6) is 11.5 Å². The first kappa shape index (κ1) is 29.6. The fourth-order valence-electron chi connectivity index (χ4n) is 5.55. The van der Waals surface area contributed by atoms with Gasteiger partial charge in [0.05, 0.1) is 9.75 Å². The number of rotatable bonds is 4. The number of nitrogens with zero attached hydrogens (tertiary/aromatic N) is 6. The van der Waals surface area contributed by atoms with E-state index >= 15 is 0 Å². The Morgan fingerprint density at radius 3 is 1.59 bits per heavy atom. The Morgan fingerprint density at radius 2 is 1.15 bits per heavy atom. The maximum atomic E-state index is 9.10. The molecule has 4 aromatic heterocycles. The van der Waals surface area contributed by atoms with Crippen molar-refractivity contribution in [2.75, 3.05) is 0 Å². The fraction of sp³-hybridized carbons (Fsp3) is 0.176. The molecule has 1 aromatic carbocycles. The van der Waals surface area contributed by atoms with Crippen LogP contribution >= 0.6 is 45.3 Å². The second-order valence-corrected chi connectivity index (χ2v) is 15.6. The number of thiophene rings is 4. The van der Waals surface area contributed by atoms with Crippen LogP contribution in [0, 0.1) is 40.6 Å². The van der Waals surface area contributed by atoms with Gasteiger partial charge < -0.3 is 14.3 Å². The van der Waals surface area contributed by atoms with Crippen molar-refractivity contribution in [1.82, 2.24) is 0 Å². The third kappa shape index (κ3) is 4.90. The molecule has 0 unspecified atom stereocenters. The first-order valence-electron chi connectivity index (χ1n) is 13.8. The number of nitriles is 3. The van der Waals surface area contributed by atoms with E-state index in [1.165, 1.54) is 22.7 Å². The van der Waals surface area contributed by atoms with Crippen LogP contribution in [0.3, 0.4) is 0 Å². The summed E-state index contributed by atoms with van der Waals surface area (Å²) in [5.74, 6) is 1.44. The number of hydrogen-bond acceptors (Lipinski definition) is 11.